The molecule has 1 aromatic rings. The van der Waals surface area contributed by atoms with Gasteiger partial charge in [-0.15, -0.1) is 6.42 Å². The van der Waals surface area contributed by atoms with Crippen LogP contribution in [0.15, 0.2) is 22.7 Å². The Labute approximate surface area is 79.1 Å². The van der Waals surface area contributed by atoms with Gasteiger partial charge in [0, 0.05) is 10.2 Å². The van der Waals surface area contributed by atoms with Crippen molar-refractivity contribution in [1.29, 1.82) is 0 Å². The molecule has 0 aliphatic rings. The highest BCUT2D eigenvalue weighted by Crippen LogP contribution is 2.22. The minimum absolute atomic E-state index is 0.270. The molecule has 1 nitrogen and oxygen atoms in total. The lowest BCUT2D eigenvalue weighted by Crippen LogP contribution is -1.98. The predicted molar refractivity (Wildman–Crippen MR) is 51.4 cm³/mol. The molecule has 0 aliphatic carbocycles. The van der Waals surface area contributed by atoms with Gasteiger partial charge in [0.05, 0.1) is 6.54 Å². The standard InChI is InChI=1S/C9H7BrFN/c1-2-5-12-9-4-3-7(11)6-8(9)10/h1,3-4,6,12H,5H2. The highest BCUT2D eigenvalue weighted by Gasteiger charge is 1.98. The summed E-state index contributed by atoms with van der Waals surface area (Å²) >= 11 is 3.21. The molecule has 1 rings (SSSR count). The topological polar surface area (TPSA) is 12.0 Å². The molecule has 1 N–H and O–H groups in total. The van der Waals surface area contributed by atoms with Crippen LogP contribution < -0.4 is 5.32 Å². The van der Waals surface area contributed by atoms with Crippen molar-refractivity contribution in [3.05, 3.63) is 28.5 Å². The molecule has 62 valence electrons. The molecule has 0 saturated heterocycles. The van der Waals surface area contributed by atoms with Crippen molar-refractivity contribution >= 4 is 21.6 Å². The fourth-order valence-electron chi connectivity index (χ4n) is 0.779. The molecule has 0 saturated carbocycles. The zero-order chi connectivity index (χ0) is 8.97. The summed E-state index contributed by atoms with van der Waals surface area (Å²) in [4.78, 5) is 0. The van der Waals surface area contributed by atoms with E-state index in [1.54, 1.807) is 6.07 Å². The van der Waals surface area contributed by atoms with Gasteiger partial charge in [-0.05, 0) is 34.1 Å². The Bertz CT molecular complexity index is 317. The van der Waals surface area contributed by atoms with E-state index in [0.717, 1.165) is 5.69 Å². The van der Waals surface area contributed by atoms with E-state index in [4.69, 9.17) is 6.42 Å². The summed E-state index contributed by atoms with van der Waals surface area (Å²) in [6.07, 6.45) is 5.05. The van der Waals surface area contributed by atoms with Gasteiger partial charge >= 0.3 is 0 Å². The van der Waals surface area contributed by atoms with Crippen LogP contribution in [0.1, 0.15) is 0 Å². The second kappa shape index (κ2) is 4.13. The molecule has 0 aliphatic heterocycles. The minimum Gasteiger partial charge on any atom is -0.373 e. The smallest absolute Gasteiger partial charge is 0.124 e. The summed E-state index contributed by atoms with van der Waals surface area (Å²) in [5, 5.41) is 2.94. The van der Waals surface area contributed by atoms with E-state index < -0.39 is 0 Å². The monoisotopic (exact) mass is 227 g/mol. The number of nitrogens with one attached hydrogen (secondary N) is 1. The zero-order valence-corrected chi connectivity index (χ0v) is 7.86. The molecule has 0 spiro atoms. The third-order valence-corrected chi connectivity index (χ3v) is 1.97. The summed E-state index contributed by atoms with van der Waals surface area (Å²) in [5.41, 5.74) is 0.800. The average molecular weight is 228 g/mol. The number of hydrogen-bond donors (Lipinski definition) is 1. The fourth-order valence-corrected chi connectivity index (χ4v) is 1.27. The van der Waals surface area contributed by atoms with Gasteiger partial charge < -0.3 is 5.32 Å². The van der Waals surface area contributed by atoms with Crippen LogP contribution in [0.5, 0.6) is 0 Å². The van der Waals surface area contributed by atoms with Crippen molar-refractivity contribution in [2.75, 3.05) is 11.9 Å². The Kier molecular flexibility index (Phi) is 3.12. The van der Waals surface area contributed by atoms with E-state index in [1.165, 1.54) is 12.1 Å². The first-order valence-corrected chi connectivity index (χ1v) is 4.15. The van der Waals surface area contributed by atoms with E-state index in [2.05, 4.69) is 27.2 Å². The maximum atomic E-state index is 12.6. The molecule has 0 heterocycles. The Morgan fingerprint density at radius 2 is 2.33 bits per heavy atom. The third kappa shape index (κ3) is 2.24. The lowest BCUT2D eigenvalue weighted by atomic mass is 10.3. The third-order valence-electron chi connectivity index (χ3n) is 1.31. The highest BCUT2D eigenvalue weighted by molar-refractivity contribution is 9.10. The molecule has 1 aromatic carbocycles. The summed E-state index contributed by atoms with van der Waals surface area (Å²) in [5.74, 6) is 2.16. The van der Waals surface area contributed by atoms with Crippen molar-refractivity contribution in [1.82, 2.24) is 0 Å². The van der Waals surface area contributed by atoms with Gasteiger partial charge in [-0.3, -0.25) is 0 Å². The molecular formula is C9H7BrFN. The zero-order valence-electron chi connectivity index (χ0n) is 6.27. The molecule has 12 heavy (non-hydrogen) atoms. The van der Waals surface area contributed by atoms with Crippen LogP contribution in [-0.2, 0) is 0 Å². The summed E-state index contributed by atoms with van der Waals surface area (Å²) in [7, 11) is 0. The van der Waals surface area contributed by atoms with Gasteiger partial charge in [-0.2, -0.15) is 0 Å². The minimum atomic E-state index is -0.270. The molecular weight excluding hydrogens is 221 g/mol. The number of halogens is 2. The lowest BCUT2D eigenvalue weighted by molar-refractivity contribution is 0.627. The molecule has 3 heteroatoms. The van der Waals surface area contributed by atoms with Crippen molar-refractivity contribution in [2.24, 2.45) is 0 Å². The lowest BCUT2D eigenvalue weighted by Gasteiger charge is -2.04. The summed E-state index contributed by atoms with van der Waals surface area (Å²) < 4.78 is 13.3. The largest absolute Gasteiger partial charge is 0.373 e. The molecule has 0 unspecified atom stereocenters. The first-order chi connectivity index (χ1) is 5.74. The highest BCUT2D eigenvalue weighted by atomic mass is 79.9. The number of terminal acetylenes is 1. The number of hydrogen-bond acceptors (Lipinski definition) is 1. The molecule has 0 radical (unpaired) electrons. The van der Waals surface area contributed by atoms with E-state index >= 15 is 0 Å². The van der Waals surface area contributed by atoms with Crippen LogP contribution in [0.25, 0.3) is 0 Å². The molecule has 0 aromatic heterocycles. The van der Waals surface area contributed by atoms with E-state index in [-0.39, 0.29) is 5.82 Å². The number of benzene rings is 1. The molecule has 0 fully saturated rings. The Morgan fingerprint density at radius 3 is 2.92 bits per heavy atom. The fraction of sp³-hybridized carbons (Fsp3) is 0.111. The summed E-state index contributed by atoms with van der Waals surface area (Å²) in [6, 6.07) is 4.40. The van der Waals surface area contributed by atoms with Crippen molar-refractivity contribution in [2.45, 2.75) is 0 Å². The van der Waals surface area contributed by atoms with Gasteiger partial charge in [0.2, 0.25) is 0 Å². The normalized spacial score (nSPS) is 9.08. The summed E-state index contributed by atoms with van der Waals surface area (Å²) in [6.45, 7) is 0.435. The van der Waals surface area contributed by atoms with Gasteiger partial charge in [0.1, 0.15) is 5.82 Å². The Hall–Kier alpha value is -1.01. The van der Waals surface area contributed by atoms with Crippen LogP contribution in [0.2, 0.25) is 0 Å². The van der Waals surface area contributed by atoms with Crippen LogP contribution in [0, 0.1) is 18.2 Å². The van der Waals surface area contributed by atoms with E-state index in [1.807, 2.05) is 0 Å². The Morgan fingerprint density at radius 1 is 1.58 bits per heavy atom. The van der Waals surface area contributed by atoms with Crippen LogP contribution in [0.3, 0.4) is 0 Å². The number of anilines is 1. The van der Waals surface area contributed by atoms with Crippen molar-refractivity contribution in [3.8, 4) is 12.3 Å². The molecule has 0 atom stereocenters. The van der Waals surface area contributed by atoms with Crippen LogP contribution >= 0.6 is 15.9 Å². The van der Waals surface area contributed by atoms with Crippen LogP contribution in [-0.4, -0.2) is 6.54 Å². The Balaban J connectivity index is 2.81. The second-order valence-corrected chi connectivity index (χ2v) is 3.04. The predicted octanol–water partition coefficient (Wildman–Crippen LogP) is 2.63. The molecule has 0 amide bonds. The maximum Gasteiger partial charge on any atom is 0.124 e. The van der Waals surface area contributed by atoms with Gasteiger partial charge in [-0.1, -0.05) is 5.92 Å². The first-order valence-electron chi connectivity index (χ1n) is 3.36. The van der Waals surface area contributed by atoms with Gasteiger partial charge in [0.15, 0.2) is 0 Å². The maximum absolute atomic E-state index is 12.6. The van der Waals surface area contributed by atoms with Crippen molar-refractivity contribution < 1.29 is 4.39 Å². The van der Waals surface area contributed by atoms with E-state index in [9.17, 15) is 4.39 Å². The van der Waals surface area contributed by atoms with Crippen LogP contribution in [0.4, 0.5) is 10.1 Å². The number of rotatable bonds is 2. The van der Waals surface area contributed by atoms with Crippen molar-refractivity contribution in [3.63, 3.8) is 0 Å². The van der Waals surface area contributed by atoms with E-state index in [0.29, 0.717) is 11.0 Å². The first kappa shape index (κ1) is 9.08. The average Bonchev–Trinajstić information content (AvgIpc) is 2.03. The quantitative estimate of drug-likeness (QED) is 0.767. The SMILES string of the molecule is C#CCNc1ccc(F)cc1Br. The van der Waals surface area contributed by atoms with Gasteiger partial charge in [0.25, 0.3) is 0 Å². The van der Waals surface area contributed by atoms with Gasteiger partial charge in [-0.25, -0.2) is 4.39 Å². The molecule has 0 bridgehead atoms. The second-order valence-electron chi connectivity index (χ2n) is 2.18.